The lowest BCUT2D eigenvalue weighted by atomic mass is 10.0. The van der Waals surface area contributed by atoms with Crippen molar-refractivity contribution < 1.29 is 9.47 Å². The summed E-state index contributed by atoms with van der Waals surface area (Å²) in [4.78, 5) is 8.26. The molecule has 0 fully saturated rings. The van der Waals surface area contributed by atoms with Crippen molar-refractivity contribution in [2.75, 3.05) is 14.2 Å². The van der Waals surface area contributed by atoms with Crippen LogP contribution in [-0.4, -0.2) is 24.2 Å². The zero-order valence-electron chi connectivity index (χ0n) is 12.7. The smallest absolute Gasteiger partial charge is 0.224 e. The van der Waals surface area contributed by atoms with Gasteiger partial charge in [0.15, 0.2) is 0 Å². The van der Waals surface area contributed by atoms with Crippen LogP contribution in [0.5, 0.6) is 11.8 Å². The summed E-state index contributed by atoms with van der Waals surface area (Å²) in [5.74, 6) is 1.08. The number of nitrogens with one attached hydrogen (secondary N) is 1. The average molecular weight is 287 g/mol. The summed E-state index contributed by atoms with van der Waals surface area (Å²) in [5.41, 5.74) is 2.09. The molecule has 1 unspecified atom stereocenters. The Bertz CT molecular complexity index is 538. The first-order valence-electron chi connectivity index (χ1n) is 7.00. The van der Waals surface area contributed by atoms with Crippen molar-refractivity contribution in [1.29, 1.82) is 0 Å². The number of benzene rings is 1. The molecule has 2 aromatic rings. The van der Waals surface area contributed by atoms with E-state index in [0.29, 0.717) is 18.3 Å². The Kier molecular flexibility index (Phi) is 5.51. The number of hydrogen-bond acceptors (Lipinski definition) is 5. The number of methoxy groups -OCH3 is 2. The van der Waals surface area contributed by atoms with Crippen LogP contribution in [0.4, 0.5) is 0 Å². The van der Waals surface area contributed by atoms with Gasteiger partial charge in [-0.2, -0.15) is 0 Å². The second kappa shape index (κ2) is 7.59. The predicted octanol–water partition coefficient (Wildman–Crippen LogP) is 2.73. The summed E-state index contributed by atoms with van der Waals surface area (Å²) in [7, 11) is 3.19. The van der Waals surface area contributed by atoms with E-state index in [2.05, 4.69) is 34.3 Å². The van der Waals surface area contributed by atoms with E-state index in [1.54, 1.807) is 14.2 Å². The predicted molar refractivity (Wildman–Crippen MR) is 81.4 cm³/mol. The van der Waals surface area contributed by atoms with Crippen LogP contribution in [0.3, 0.4) is 0 Å². The maximum Gasteiger partial charge on any atom is 0.224 e. The summed E-state index contributed by atoms with van der Waals surface area (Å²) >= 11 is 0. The molecule has 1 heterocycles. The third-order valence-electron chi connectivity index (χ3n) is 3.39. The van der Waals surface area contributed by atoms with Crippen LogP contribution in [0.1, 0.15) is 30.5 Å². The molecule has 5 nitrogen and oxygen atoms in total. The van der Waals surface area contributed by atoms with Crippen LogP contribution < -0.4 is 14.8 Å². The molecular formula is C16H21N3O2. The third-order valence-corrected chi connectivity index (χ3v) is 3.39. The van der Waals surface area contributed by atoms with E-state index >= 15 is 0 Å². The van der Waals surface area contributed by atoms with Crippen molar-refractivity contribution in [1.82, 2.24) is 15.3 Å². The Labute approximate surface area is 125 Å². The maximum atomic E-state index is 5.29. The highest BCUT2D eigenvalue weighted by molar-refractivity contribution is 5.34. The molecule has 0 spiro atoms. The normalized spacial score (nSPS) is 12.0. The highest BCUT2D eigenvalue weighted by Gasteiger charge is 2.15. The quantitative estimate of drug-likeness (QED) is 0.848. The van der Waals surface area contributed by atoms with Crippen molar-refractivity contribution in [3.05, 3.63) is 47.8 Å². The van der Waals surface area contributed by atoms with Crippen LogP contribution in [0, 0.1) is 0 Å². The van der Waals surface area contributed by atoms with E-state index < -0.39 is 0 Å². The topological polar surface area (TPSA) is 56.3 Å². The van der Waals surface area contributed by atoms with Crippen LogP contribution in [0.25, 0.3) is 0 Å². The molecule has 1 aromatic heterocycles. The molecule has 112 valence electrons. The van der Waals surface area contributed by atoms with Gasteiger partial charge in [-0.25, -0.2) is 9.97 Å². The fraction of sp³-hybridized carbons (Fsp3) is 0.375. The molecule has 21 heavy (non-hydrogen) atoms. The molecule has 2 rings (SSSR count). The summed E-state index contributed by atoms with van der Waals surface area (Å²) in [6.07, 6.45) is 2.43. The van der Waals surface area contributed by atoms with Gasteiger partial charge in [-0.1, -0.05) is 37.3 Å². The monoisotopic (exact) mass is 287 g/mol. The Hall–Kier alpha value is -2.14. The van der Waals surface area contributed by atoms with Crippen LogP contribution in [-0.2, 0) is 6.54 Å². The van der Waals surface area contributed by atoms with Gasteiger partial charge in [0.05, 0.1) is 19.8 Å². The molecule has 1 aromatic carbocycles. The number of aromatic nitrogens is 2. The number of rotatable bonds is 7. The summed E-state index contributed by atoms with van der Waals surface area (Å²) in [6.45, 7) is 2.74. The Morgan fingerprint density at radius 2 is 1.67 bits per heavy atom. The molecule has 0 aliphatic carbocycles. The summed E-state index contributed by atoms with van der Waals surface area (Å²) in [6, 6.07) is 10.6. The molecule has 0 amide bonds. The molecule has 0 aliphatic rings. The molecule has 0 bridgehead atoms. The van der Waals surface area contributed by atoms with Gasteiger partial charge in [0, 0.05) is 12.6 Å². The lowest BCUT2D eigenvalue weighted by molar-refractivity contribution is 0.356. The lowest BCUT2D eigenvalue weighted by Gasteiger charge is -2.19. The van der Waals surface area contributed by atoms with Gasteiger partial charge >= 0.3 is 0 Å². The fourth-order valence-electron chi connectivity index (χ4n) is 2.29. The maximum absolute atomic E-state index is 5.29. The molecule has 5 heteroatoms. The highest BCUT2D eigenvalue weighted by Crippen LogP contribution is 2.25. The highest BCUT2D eigenvalue weighted by atomic mass is 16.5. The summed E-state index contributed by atoms with van der Waals surface area (Å²) in [5, 5.41) is 3.51. The van der Waals surface area contributed by atoms with Gasteiger partial charge < -0.3 is 14.8 Å². The largest absolute Gasteiger partial charge is 0.481 e. The summed E-state index contributed by atoms with van der Waals surface area (Å²) < 4.78 is 10.6. The fourth-order valence-corrected chi connectivity index (χ4v) is 2.29. The van der Waals surface area contributed by atoms with Gasteiger partial charge in [-0.15, -0.1) is 0 Å². The van der Waals surface area contributed by atoms with Crippen molar-refractivity contribution in [2.45, 2.75) is 25.9 Å². The molecular weight excluding hydrogens is 266 g/mol. The molecule has 1 N–H and O–H groups in total. The molecule has 1 atom stereocenters. The Morgan fingerprint density at radius 1 is 1.05 bits per heavy atom. The minimum atomic E-state index is 0.265. The van der Waals surface area contributed by atoms with Gasteiger partial charge in [-0.3, -0.25) is 0 Å². The lowest BCUT2D eigenvalue weighted by Crippen LogP contribution is -2.21. The van der Waals surface area contributed by atoms with Crippen LogP contribution in [0.15, 0.2) is 36.7 Å². The zero-order chi connectivity index (χ0) is 15.1. The molecule has 0 aliphatic heterocycles. The average Bonchev–Trinajstić information content (AvgIpc) is 2.56. The SMILES string of the molecule is CCC(NCc1c(OC)ncnc1OC)c1ccccc1. The van der Waals surface area contributed by atoms with Crippen molar-refractivity contribution in [2.24, 2.45) is 0 Å². The van der Waals surface area contributed by atoms with Crippen LogP contribution >= 0.6 is 0 Å². The van der Waals surface area contributed by atoms with Crippen molar-refractivity contribution in [3.8, 4) is 11.8 Å². The van der Waals surface area contributed by atoms with Gasteiger partial charge in [-0.05, 0) is 12.0 Å². The minimum absolute atomic E-state index is 0.265. The number of nitrogens with zero attached hydrogens (tertiary/aromatic N) is 2. The second-order valence-corrected chi connectivity index (χ2v) is 4.62. The standard InChI is InChI=1S/C16H21N3O2/c1-4-14(12-8-6-5-7-9-12)17-10-13-15(20-2)18-11-19-16(13)21-3/h5-9,11,14,17H,4,10H2,1-3H3. The first-order valence-corrected chi connectivity index (χ1v) is 7.00. The van der Waals surface area contributed by atoms with Crippen molar-refractivity contribution >= 4 is 0 Å². The van der Waals surface area contributed by atoms with E-state index in [1.807, 2.05) is 18.2 Å². The molecule has 0 radical (unpaired) electrons. The van der Waals surface area contributed by atoms with E-state index in [1.165, 1.54) is 11.9 Å². The second-order valence-electron chi connectivity index (χ2n) is 4.62. The van der Waals surface area contributed by atoms with E-state index in [4.69, 9.17) is 9.47 Å². The first kappa shape index (κ1) is 15.3. The molecule has 0 saturated carbocycles. The third kappa shape index (κ3) is 3.70. The van der Waals surface area contributed by atoms with Gasteiger partial charge in [0.25, 0.3) is 0 Å². The Balaban J connectivity index is 2.15. The zero-order valence-corrected chi connectivity index (χ0v) is 12.7. The van der Waals surface area contributed by atoms with E-state index in [9.17, 15) is 0 Å². The minimum Gasteiger partial charge on any atom is -0.481 e. The Morgan fingerprint density at radius 3 is 2.19 bits per heavy atom. The van der Waals surface area contributed by atoms with E-state index in [0.717, 1.165) is 12.0 Å². The van der Waals surface area contributed by atoms with E-state index in [-0.39, 0.29) is 6.04 Å². The number of ether oxygens (including phenoxy) is 2. The first-order chi connectivity index (χ1) is 10.3. The van der Waals surface area contributed by atoms with Gasteiger partial charge in [0.2, 0.25) is 11.8 Å². The number of hydrogen-bond donors (Lipinski definition) is 1. The molecule has 0 saturated heterocycles. The van der Waals surface area contributed by atoms with Crippen LogP contribution in [0.2, 0.25) is 0 Å². The van der Waals surface area contributed by atoms with Gasteiger partial charge in [0.1, 0.15) is 6.33 Å². The van der Waals surface area contributed by atoms with Crippen molar-refractivity contribution in [3.63, 3.8) is 0 Å².